The van der Waals surface area contributed by atoms with Gasteiger partial charge in [-0.15, -0.1) is 0 Å². The molecule has 0 aliphatic heterocycles. The Kier molecular flexibility index (Phi) is 4.39. The maximum Gasteiger partial charge on any atom is 0.311 e. The minimum absolute atomic E-state index is 0.0211. The van der Waals surface area contributed by atoms with Crippen LogP contribution < -0.4 is 4.74 Å². The molecule has 104 valence electrons. The first-order valence-electron chi connectivity index (χ1n) is 6.09. The van der Waals surface area contributed by atoms with E-state index < -0.39 is 4.92 Å². The molecule has 0 fully saturated rings. The Hall–Kier alpha value is -1.88. The van der Waals surface area contributed by atoms with Crippen LogP contribution in [-0.4, -0.2) is 4.92 Å². The van der Waals surface area contributed by atoms with E-state index in [1.165, 1.54) is 6.07 Å². The summed E-state index contributed by atoms with van der Waals surface area (Å²) in [6.45, 7) is 3.79. The fourth-order valence-corrected chi connectivity index (χ4v) is 2.49. The Labute approximate surface area is 125 Å². The minimum Gasteiger partial charge on any atom is -0.450 e. The first-order chi connectivity index (χ1) is 9.51. The van der Waals surface area contributed by atoms with Crippen molar-refractivity contribution < 1.29 is 9.66 Å². The third-order valence-electron chi connectivity index (χ3n) is 3.00. The van der Waals surface area contributed by atoms with E-state index in [0.717, 1.165) is 22.0 Å². The molecule has 0 aliphatic rings. The van der Waals surface area contributed by atoms with Gasteiger partial charge in [0.15, 0.2) is 0 Å². The number of hydrogen-bond donors (Lipinski definition) is 0. The van der Waals surface area contributed by atoms with Crippen LogP contribution in [0, 0.1) is 24.0 Å². The van der Waals surface area contributed by atoms with Crippen molar-refractivity contribution in [1.82, 2.24) is 0 Å². The average molecular weight is 336 g/mol. The van der Waals surface area contributed by atoms with Gasteiger partial charge in [-0.05, 0) is 48.7 Å². The van der Waals surface area contributed by atoms with Gasteiger partial charge in [0, 0.05) is 11.4 Å². The van der Waals surface area contributed by atoms with Crippen LogP contribution in [-0.2, 0) is 5.33 Å². The second-order valence-corrected chi connectivity index (χ2v) is 5.11. The van der Waals surface area contributed by atoms with Gasteiger partial charge in [-0.25, -0.2) is 0 Å². The van der Waals surface area contributed by atoms with E-state index in [9.17, 15) is 10.1 Å². The molecule has 2 aromatic carbocycles. The normalized spacial score (nSPS) is 10.3. The lowest BCUT2D eigenvalue weighted by molar-refractivity contribution is -0.385. The predicted octanol–water partition coefficient (Wildman–Crippen LogP) is 4.90. The second kappa shape index (κ2) is 6.05. The number of rotatable bonds is 4. The molecule has 0 N–H and O–H groups in total. The zero-order valence-electron chi connectivity index (χ0n) is 11.2. The summed E-state index contributed by atoms with van der Waals surface area (Å²) in [5.74, 6) is 0.853. The highest BCUT2D eigenvalue weighted by atomic mass is 79.9. The zero-order chi connectivity index (χ0) is 14.7. The van der Waals surface area contributed by atoms with Crippen LogP contribution in [0.4, 0.5) is 5.69 Å². The van der Waals surface area contributed by atoms with Gasteiger partial charge in [-0.2, -0.15) is 0 Å². The lowest BCUT2D eigenvalue weighted by atomic mass is 10.1. The van der Waals surface area contributed by atoms with Crippen LogP contribution in [0.15, 0.2) is 36.4 Å². The van der Waals surface area contributed by atoms with Crippen LogP contribution in [0.25, 0.3) is 0 Å². The smallest absolute Gasteiger partial charge is 0.311 e. The largest absolute Gasteiger partial charge is 0.450 e. The van der Waals surface area contributed by atoms with E-state index in [0.29, 0.717) is 5.75 Å². The molecule has 0 unspecified atom stereocenters. The Morgan fingerprint density at radius 2 is 1.95 bits per heavy atom. The quantitative estimate of drug-likeness (QED) is 0.453. The fraction of sp³-hybridized carbons (Fsp3) is 0.200. The molecule has 2 aromatic rings. The van der Waals surface area contributed by atoms with Crippen molar-refractivity contribution >= 4 is 21.6 Å². The third-order valence-corrected chi connectivity index (χ3v) is 3.60. The highest BCUT2D eigenvalue weighted by Gasteiger charge is 2.16. The lowest BCUT2D eigenvalue weighted by Crippen LogP contribution is -1.95. The number of nitrogens with zero attached hydrogens (tertiary/aromatic N) is 1. The van der Waals surface area contributed by atoms with E-state index in [1.54, 1.807) is 12.1 Å². The van der Waals surface area contributed by atoms with Gasteiger partial charge in [-0.1, -0.05) is 28.1 Å². The number of benzene rings is 2. The number of aryl methyl sites for hydroxylation is 2. The molecule has 0 saturated carbocycles. The Bertz CT molecular complexity index is 656. The predicted molar refractivity (Wildman–Crippen MR) is 81.7 cm³/mol. The van der Waals surface area contributed by atoms with Gasteiger partial charge in [0.1, 0.15) is 5.75 Å². The number of alkyl halides is 1. The highest BCUT2D eigenvalue weighted by Crippen LogP contribution is 2.32. The molecule has 0 aliphatic carbocycles. The summed E-state index contributed by atoms with van der Waals surface area (Å²) < 4.78 is 5.65. The summed E-state index contributed by atoms with van der Waals surface area (Å²) in [4.78, 5) is 10.6. The first kappa shape index (κ1) is 14.5. The molecular formula is C15H14BrNO3. The molecule has 0 atom stereocenters. The zero-order valence-corrected chi connectivity index (χ0v) is 12.8. The summed E-state index contributed by atoms with van der Waals surface area (Å²) in [7, 11) is 0. The lowest BCUT2D eigenvalue weighted by Gasteiger charge is -2.09. The highest BCUT2D eigenvalue weighted by molar-refractivity contribution is 9.08. The average Bonchev–Trinajstić information content (AvgIpc) is 2.41. The molecule has 0 saturated heterocycles. The van der Waals surface area contributed by atoms with Gasteiger partial charge in [0.2, 0.25) is 5.75 Å². The SMILES string of the molecule is Cc1ccc(Oc2ccc(CBr)c(C)c2)c([N+](=O)[O-])c1. The van der Waals surface area contributed by atoms with Crippen LogP contribution in [0.3, 0.4) is 0 Å². The summed E-state index contributed by atoms with van der Waals surface area (Å²) in [5, 5.41) is 11.8. The second-order valence-electron chi connectivity index (χ2n) is 4.55. The molecule has 0 heterocycles. The van der Waals surface area contributed by atoms with E-state index in [4.69, 9.17) is 4.74 Å². The van der Waals surface area contributed by atoms with Crippen molar-refractivity contribution in [3.8, 4) is 11.5 Å². The van der Waals surface area contributed by atoms with Crippen molar-refractivity contribution in [1.29, 1.82) is 0 Å². The molecule has 0 spiro atoms. The molecule has 4 nitrogen and oxygen atoms in total. The number of hydrogen-bond acceptors (Lipinski definition) is 3. The van der Waals surface area contributed by atoms with Crippen molar-refractivity contribution in [2.75, 3.05) is 0 Å². The van der Waals surface area contributed by atoms with E-state index in [-0.39, 0.29) is 11.4 Å². The van der Waals surface area contributed by atoms with Gasteiger partial charge >= 0.3 is 5.69 Å². The fourth-order valence-electron chi connectivity index (χ4n) is 1.87. The summed E-state index contributed by atoms with van der Waals surface area (Å²) in [6, 6.07) is 10.6. The van der Waals surface area contributed by atoms with Gasteiger partial charge in [0.05, 0.1) is 4.92 Å². The number of nitro groups is 1. The molecular weight excluding hydrogens is 322 g/mol. The minimum atomic E-state index is -0.429. The number of halogens is 1. The topological polar surface area (TPSA) is 52.4 Å². The monoisotopic (exact) mass is 335 g/mol. The van der Waals surface area contributed by atoms with Crippen LogP contribution >= 0.6 is 15.9 Å². The van der Waals surface area contributed by atoms with Gasteiger partial charge in [0.25, 0.3) is 0 Å². The summed E-state index contributed by atoms with van der Waals surface area (Å²) >= 11 is 3.41. The molecule has 0 amide bonds. The van der Waals surface area contributed by atoms with Gasteiger partial charge in [-0.3, -0.25) is 10.1 Å². The summed E-state index contributed by atoms with van der Waals surface area (Å²) in [6.07, 6.45) is 0. The molecule has 0 aromatic heterocycles. The van der Waals surface area contributed by atoms with Crippen molar-refractivity contribution in [2.45, 2.75) is 19.2 Å². The van der Waals surface area contributed by atoms with Crippen molar-refractivity contribution in [3.05, 3.63) is 63.2 Å². The first-order valence-corrected chi connectivity index (χ1v) is 7.22. The standard InChI is InChI=1S/C15H14BrNO3/c1-10-3-6-15(14(7-10)17(18)19)20-13-5-4-12(9-16)11(2)8-13/h3-8H,9H2,1-2H3. The Balaban J connectivity index is 2.35. The Morgan fingerprint density at radius 1 is 1.20 bits per heavy atom. The number of nitro benzene ring substituents is 1. The van der Waals surface area contributed by atoms with E-state index >= 15 is 0 Å². The summed E-state index contributed by atoms with van der Waals surface area (Å²) in [5.41, 5.74) is 3.05. The molecule has 2 rings (SSSR count). The van der Waals surface area contributed by atoms with Crippen molar-refractivity contribution in [2.24, 2.45) is 0 Å². The van der Waals surface area contributed by atoms with E-state index in [2.05, 4.69) is 15.9 Å². The maximum absolute atomic E-state index is 11.1. The number of ether oxygens (including phenoxy) is 1. The Morgan fingerprint density at radius 3 is 2.55 bits per heavy atom. The molecule has 20 heavy (non-hydrogen) atoms. The molecule has 0 bridgehead atoms. The third kappa shape index (κ3) is 3.17. The van der Waals surface area contributed by atoms with E-state index in [1.807, 2.05) is 32.0 Å². The van der Waals surface area contributed by atoms with Crippen LogP contribution in [0.2, 0.25) is 0 Å². The van der Waals surface area contributed by atoms with Crippen LogP contribution in [0.5, 0.6) is 11.5 Å². The van der Waals surface area contributed by atoms with Crippen LogP contribution in [0.1, 0.15) is 16.7 Å². The molecule has 0 radical (unpaired) electrons. The van der Waals surface area contributed by atoms with Gasteiger partial charge < -0.3 is 4.74 Å². The molecule has 5 heteroatoms. The van der Waals surface area contributed by atoms with Crippen molar-refractivity contribution in [3.63, 3.8) is 0 Å². The maximum atomic E-state index is 11.1.